The summed E-state index contributed by atoms with van der Waals surface area (Å²) in [7, 11) is -1.82. The van der Waals surface area contributed by atoms with Gasteiger partial charge in [0.1, 0.15) is 6.10 Å². The number of halogens is 2. The molecule has 124 valence electrons. The van der Waals surface area contributed by atoms with Gasteiger partial charge in [0.15, 0.2) is 12.6 Å². The minimum absolute atomic E-state index is 0.179. The van der Waals surface area contributed by atoms with E-state index in [4.69, 9.17) is 9.16 Å². The molecule has 0 spiro atoms. The van der Waals surface area contributed by atoms with Gasteiger partial charge in [0.2, 0.25) is 0 Å². The van der Waals surface area contributed by atoms with Crippen LogP contribution in [0.5, 0.6) is 0 Å². The van der Waals surface area contributed by atoms with Crippen LogP contribution >= 0.6 is 31.9 Å². The largest absolute Gasteiger partial charge is 0.455 e. The van der Waals surface area contributed by atoms with Crippen LogP contribution in [-0.2, 0) is 14.0 Å². The second-order valence-electron chi connectivity index (χ2n) is 7.73. The van der Waals surface area contributed by atoms with Crippen LogP contribution in [0.4, 0.5) is 0 Å². The fourth-order valence-corrected chi connectivity index (χ4v) is 7.91. The van der Waals surface area contributed by atoms with Crippen molar-refractivity contribution in [3.05, 3.63) is 10.6 Å². The van der Waals surface area contributed by atoms with Gasteiger partial charge in [-0.3, -0.25) is 4.79 Å². The highest BCUT2D eigenvalue weighted by atomic mass is 79.9. The van der Waals surface area contributed by atoms with Crippen LogP contribution in [0.2, 0.25) is 19.6 Å². The highest BCUT2D eigenvalue weighted by Gasteiger charge is 2.69. The van der Waals surface area contributed by atoms with Gasteiger partial charge in [-0.25, -0.2) is 0 Å². The first kappa shape index (κ1) is 17.2. The lowest BCUT2D eigenvalue weighted by Gasteiger charge is -2.60. The summed E-state index contributed by atoms with van der Waals surface area (Å²) in [4.78, 5) is 12.7. The summed E-state index contributed by atoms with van der Waals surface area (Å²) in [6, 6.07) is 0. The quantitative estimate of drug-likeness (QED) is 0.340. The highest BCUT2D eigenvalue weighted by Crippen LogP contribution is 2.59. The number of hydrogen-bond acceptors (Lipinski definition) is 3. The molecule has 2 fully saturated rings. The molecule has 2 aliphatic heterocycles. The van der Waals surface area contributed by atoms with E-state index >= 15 is 0 Å². The number of carbonyl (C=O) groups is 1. The van der Waals surface area contributed by atoms with Crippen LogP contribution in [0.1, 0.15) is 38.5 Å². The fraction of sp³-hybridized carbons (Fsp3) is 0.812. The standard InChI is InChI=1S/C16H24Br2O3Si/c1-22(2,3)21-16-9-7-5-4-6-8-11(16)13-12(17)10-15(16,18)14(19)20-13/h10-11,13H,4-9H2,1-3H3/t11-,13+,15+,16+/m1/s1. The Hall–Kier alpha value is 0.347. The van der Waals surface area contributed by atoms with Crippen LogP contribution in [-0.4, -0.2) is 30.3 Å². The third-order valence-electron chi connectivity index (χ3n) is 5.02. The lowest BCUT2D eigenvalue weighted by molar-refractivity contribution is -0.188. The molecule has 0 aromatic carbocycles. The first-order valence-electron chi connectivity index (χ1n) is 8.18. The van der Waals surface area contributed by atoms with Gasteiger partial charge in [0.25, 0.3) is 0 Å². The highest BCUT2D eigenvalue weighted by molar-refractivity contribution is 9.12. The number of rotatable bonds is 2. The Kier molecular flexibility index (Phi) is 4.46. The summed E-state index contributed by atoms with van der Waals surface area (Å²) >= 11 is 7.40. The number of hydrogen-bond donors (Lipinski definition) is 0. The molecule has 0 radical (unpaired) electrons. The van der Waals surface area contributed by atoms with Crippen LogP contribution in [0.15, 0.2) is 10.6 Å². The zero-order chi connectivity index (χ0) is 16.2. The molecular formula is C16H24Br2O3Si. The summed E-state index contributed by atoms with van der Waals surface area (Å²) < 4.78 is 12.7. The number of fused-ring (bicyclic) bond motifs is 1. The van der Waals surface area contributed by atoms with Crippen molar-refractivity contribution < 1.29 is 14.0 Å². The molecule has 3 nitrogen and oxygen atoms in total. The number of alkyl halides is 1. The van der Waals surface area contributed by atoms with Crippen molar-refractivity contribution in [1.82, 2.24) is 0 Å². The maximum atomic E-state index is 12.7. The molecule has 6 heteroatoms. The van der Waals surface area contributed by atoms with Crippen LogP contribution in [0.3, 0.4) is 0 Å². The van der Waals surface area contributed by atoms with Crippen molar-refractivity contribution in [2.75, 3.05) is 0 Å². The van der Waals surface area contributed by atoms with Gasteiger partial charge in [-0.05, 0) is 38.6 Å². The van der Waals surface area contributed by atoms with E-state index in [1.165, 1.54) is 19.3 Å². The summed E-state index contributed by atoms with van der Waals surface area (Å²) in [5, 5.41) is 0. The van der Waals surface area contributed by atoms with Gasteiger partial charge < -0.3 is 9.16 Å². The molecular weight excluding hydrogens is 428 g/mol. The molecule has 1 saturated carbocycles. The molecule has 1 saturated heterocycles. The van der Waals surface area contributed by atoms with E-state index in [-0.39, 0.29) is 18.0 Å². The third-order valence-corrected chi connectivity index (χ3v) is 7.90. The number of carbonyl (C=O) groups excluding carboxylic acids is 1. The topological polar surface area (TPSA) is 35.5 Å². The van der Waals surface area contributed by atoms with E-state index in [0.717, 1.165) is 23.7 Å². The van der Waals surface area contributed by atoms with Crippen molar-refractivity contribution in [2.24, 2.45) is 5.92 Å². The van der Waals surface area contributed by atoms with Crippen molar-refractivity contribution in [3.8, 4) is 0 Å². The van der Waals surface area contributed by atoms with Crippen LogP contribution in [0.25, 0.3) is 0 Å². The summed E-state index contributed by atoms with van der Waals surface area (Å²) in [6.45, 7) is 6.63. The molecule has 0 aromatic heterocycles. The monoisotopic (exact) mass is 450 g/mol. The zero-order valence-corrected chi connectivity index (χ0v) is 17.6. The van der Waals surface area contributed by atoms with E-state index in [9.17, 15) is 4.79 Å². The van der Waals surface area contributed by atoms with Crippen molar-refractivity contribution in [2.45, 2.75) is 74.2 Å². The average molecular weight is 452 g/mol. The smallest absolute Gasteiger partial charge is 0.330 e. The predicted octanol–water partition coefficient (Wildman–Crippen LogP) is 4.90. The van der Waals surface area contributed by atoms with Crippen LogP contribution in [0, 0.1) is 5.92 Å². The molecule has 22 heavy (non-hydrogen) atoms. The van der Waals surface area contributed by atoms with Crippen molar-refractivity contribution in [1.29, 1.82) is 0 Å². The maximum absolute atomic E-state index is 12.7. The Bertz CT molecular complexity index is 516. The molecule has 0 unspecified atom stereocenters. The van der Waals surface area contributed by atoms with Gasteiger partial charge >= 0.3 is 5.97 Å². The molecule has 4 aliphatic rings. The fourth-order valence-electron chi connectivity index (χ4n) is 4.28. The number of esters is 1. The van der Waals surface area contributed by atoms with Gasteiger partial charge in [-0.1, -0.05) is 57.5 Å². The SMILES string of the molecule is C[Si](C)(C)O[C@@]12CCCCCC[C@@H]1[C@@H]1OC(=O)[C@@]2(Br)C=C1Br. The van der Waals surface area contributed by atoms with E-state index in [1.807, 2.05) is 6.08 Å². The predicted molar refractivity (Wildman–Crippen MR) is 96.9 cm³/mol. The lowest BCUT2D eigenvalue weighted by Crippen LogP contribution is -2.72. The molecule has 2 bridgehead atoms. The Morgan fingerprint density at radius 1 is 1.27 bits per heavy atom. The lowest BCUT2D eigenvalue weighted by atomic mass is 9.63. The normalized spacial score (nSPS) is 42.0. The Labute approximate surface area is 150 Å². The Morgan fingerprint density at radius 2 is 1.95 bits per heavy atom. The molecule has 0 N–H and O–H groups in total. The van der Waals surface area contributed by atoms with Crippen molar-refractivity contribution in [3.63, 3.8) is 0 Å². The minimum Gasteiger partial charge on any atom is -0.455 e. The van der Waals surface area contributed by atoms with Gasteiger partial charge in [0.05, 0.1) is 5.60 Å². The van der Waals surface area contributed by atoms with E-state index < -0.39 is 18.2 Å². The van der Waals surface area contributed by atoms with Crippen molar-refractivity contribution >= 4 is 46.1 Å². The maximum Gasteiger partial charge on any atom is 0.330 e. The first-order valence-corrected chi connectivity index (χ1v) is 13.2. The van der Waals surface area contributed by atoms with Gasteiger partial charge in [0, 0.05) is 10.4 Å². The Morgan fingerprint density at radius 3 is 2.64 bits per heavy atom. The second-order valence-corrected chi connectivity index (χ2v) is 14.3. The van der Waals surface area contributed by atoms with E-state index in [1.54, 1.807) is 0 Å². The van der Waals surface area contributed by atoms with Crippen LogP contribution < -0.4 is 0 Å². The molecule has 4 rings (SSSR count). The Balaban J connectivity index is 2.13. The van der Waals surface area contributed by atoms with Gasteiger partial charge in [-0.15, -0.1) is 0 Å². The second kappa shape index (κ2) is 5.71. The minimum atomic E-state index is -1.82. The molecule has 0 amide bonds. The summed E-state index contributed by atoms with van der Waals surface area (Å²) in [5.74, 6) is 0.0479. The molecule has 0 aromatic rings. The van der Waals surface area contributed by atoms with Gasteiger partial charge in [-0.2, -0.15) is 0 Å². The molecule has 4 atom stereocenters. The zero-order valence-electron chi connectivity index (χ0n) is 13.5. The first-order chi connectivity index (χ1) is 10.2. The van der Waals surface area contributed by atoms with E-state index in [0.29, 0.717) is 0 Å². The summed E-state index contributed by atoms with van der Waals surface area (Å²) in [5.41, 5.74) is -0.463. The summed E-state index contributed by atoms with van der Waals surface area (Å²) in [6.07, 6.45) is 8.57. The third kappa shape index (κ3) is 2.58. The average Bonchev–Trinajstić information content (AvgIpc) is 2.35. The number of ether oxygens (including phenoxy) is 1. The van der Waals surface area contributed by atoms with E-state index in [2.05, 4.69) is 51.5 Å². The molecule has 2 heterocycles. The molecule has 2 aliphatic carbocycles.